The summed E-state index contributed by atoms with van der Waals surface area (Å²) in [6, 6.07) is 0.907. The summed E-state index contributed by atoms with van der Waals surface area (Å²) in [6.07, 6.45) is 12.8. The Balaban J connectivity index is 1.71. The Kier molecular flexibility index (Phi) is 5.57. The minimum atomic E-state index is 0.0748. The van der Waals surface area contributed by atoms with Gasteiger partial charge in [-0.3, -0.25) is 5.32 Å². The molecule has 23 heavy (non-hydrogen) atoms. The van der Waals surface area contributed by atoms with Crippen LogP contribution in [0.4, 0.5) is 9.93 Å². The second-order valence-corrected chi connectivity index (χ2v) is 8.55. The highest BCUT2D eigenvalue weighted by molar-refractivity contribution is 7.15. The third-order valence-corrected chi connectivity index (χ3v) is 6.24. The van der Waals surface area contributed by atoms with Crippen LogP contribution >= 0.6 is 11.3 Å². The van der Waals surface area contributed by atoms with Gasteiger partial charge < -0.3 is 4.90 Å². The van der Waals surface area contributed by atoms with Crippen molar-refractivity contribution in [1.82, 2.24) is 9.88 Å². The number of hydrogen-bond acceptors (Lipinski definition) is 3. The number of nitrogens with zero attached hydrogens (tertiary/aromatic N) is 2. The summed E-state index contributed by atoms with van der Waals surface area (Å²) in [5.41, 5.74) is 0. The van der Waals surface area contributed by atoms with Gasteiger partial charge in [-0.25, -0.2) is 9.78 Å². The molecule has 0 bridgehead atoms. The van der Waals surface area contributed by atoms with E-state index >= 15 is 0 Å². The number of amides is 2. The molecule has 1 N–H and O–H groups in total. The summed E-state index contributed by atoms with van der Waals surface area (Å²) >= 11 is 1.56. The fraction of sp³-hybridized carbons (Fsp3) is 0.778. The van der Waals surface area contributed by atoms with Crippen molar-refractivity contribution in [2.75, 3.05) is 5.32 Å². The second-order valence-electron chi connectivity index (χ2n) is 7.32. The van der Waals surface area contributed by atoms with Crippen molar-refractivity contribution >= 4 is 22.5 Å². The van der Waals surface area contributed by atoms with Gasteiger partial charge in [0.05, 0.1) is 0 Å². The van der Waals surface area contributed by atoms with E-state index in [9.17, 15) is 4.79 Å². The fourth-order valence-corrected chi connectivity index (χ4v) is 4.73. The fourth-order valence-electron chi connectivity index (χ4n) is 4.08. The topological polar surface area (TPSA) is 45.2 Å². The SMILES string of the molecule is Cc1cnc(NC(=O)N(C2CCCCC2)C2CCC(C)CC2)s1. The molecule has 1 heterocycles. The number of carbonyl (C=O) groups excluding carboxylic acids is 1. The first-order chi connectivity index (χ1) is 11.1. The molecule has 0 aromatic carbocycles. The lowest BCUT2D eigenvalue weighted by Gasteiger charge is -2.42. The van der Waals surface area contributed by atoms with Gasteiger partial charge in [0.25, 0.3) is 0 Å². The summed E-state index contributed by atoms with van der Waals surface area (Å²) < 4.78 is 0. The molecule has 0 saturated heterocycles. The quantitative estimate of drug-likeness (QED) is 0.825. The third kappa shape index (κ3) is 4.25. The average molecular weight is 336 g/mol. The van der Waals surface area contributed by atoms with Crippen LogP contribution in [0.15, 0.2) is 6.20 Å². The van der Waals surface area contributed by atoms with E-state index in [4.69, 9.17) is 0 Å². The van der Waals surface area contributed by atoms with E-state index in [0.717, 1.165) is 41.6 Å². The summed E-state index contributed by atoms with van der Waals surface area (Å²) in [4.78, 5) is 20.6. The van der Waals surface area contributed by atoms with Crippen molar-refractivity contribution < 1.29 is 4.79 Å². The van der Waals surface area contributed by atoms with Crippen molar-refractivity contribution in [3.63, 3.8) is 0 Å². The van der Waals surface area contributed by atoms with E-state index in [1.807, 2.05) is 13.1 Å². The Morgan fingerprint density at radius 3 is 2.39 bits per heavy atom. The zero-order valence-corrected chi connectivity index (χ0v) is 15.2. The number of thiazole rings is 1. The smallest absolute Gasteiger partial charge is 0.319 e. The molecule has 1 aromatic heterocycles. The summed E-state index contributed by atoms with van der Waals surface area (Å²) in [6.45, 7) is 4.36. The van der Waals surface area contributed by atoms with Gasteiger partial charge in [-0.15, -0.1) is 11.3 Å². The second kappa shape index (κ2) is 7.65. The van der Waals surface area contributed by atoms with E-state index in [2.05, 4.69) is 22.1 Å². The monoisotopic (exact) mass is 335 g/mol. The highest BCUT2D eigenvalue weighted by Gasteiger charge is 2.33. The highest BCUT2D eigenvalue weighted by atomic mass is 32.1. The predicted octanol–water partition coefficient (Wildman–Crippen LogP) is 5.20. The number of hydrogen-bond donors (Lipinski definition) is 1. The lowest BCUT2D eigenvalue weighted by molar-refractivity contribution is 0.105. The van der Waals surface area contributed by atoms with Crippen molar-refractivity contribution in [2.45, 2.75) is 83.7 Å². The molecule has 1 aromatic rings. The van der Waals surface area contributed by atoms with Gasteiger partial charge in [0.15, 0.2) is 5.13 Å². The van der Waals surface area contributed by atoms with Gasteiger partial charge in [-0.2, -0.15) is 0 Å². The molecule has 3 rings (SSSR count). The number of carbonyl (C=O) groups is 1. The lowest BCUT2D eigenvalue weighted by Crippen LogP contribution is -2.51. The largest absolute Gasteiger partial charge is 0.324 e. The molecule has 0 radical (unpaired) electrons. The normalized spacial score (nSPS) is 26.0. The summed E-state index contributed by atoms with van der Waals surface area (Å²) in [5, 5.41) is 3.80. The van der Waals surface area contributed by atoms with Crippen LogP contribution in [0.5, 0.6) is 0 Å². The van der Waals surface area contributed by atoms with E-state index in [1.165, 1.54) is 32.1 Å². The van der Waals surface area contributed by atoms with Crippen molar-refractivity contribution in [3.05, 3.63) is 11.1 Å². The molecule has 2 aliphatic carbocycles. The molecule has 2 saturated carbocycles. The first-order valence-electron chi connectivity index (χ1n) is 9.15. The first kappa shape index (κ1) is 16.7. The molecule has 0 unspecified atom stereocenters. The maximum atomic E-state index is 13.0. The van der Waals surface area contributed by atoms with Crippen molar-refractivity contribution in [1.29, 1.82) is 0 Å². The molecule has 2 amide bonds. The Bertz CT molecular complexity index is 516. The van der Waals surface area contributed by atoms with Crippen molar-refractivity contribution in [3.8, 4) is 0 Å². The van der Waals surface area contributed by atoms with Crippen LogP contribution in [-0.4, -0.2) is 28.0 Å². The van der Waals surface area contributed by atoms with E-state index in [1.54, 1.807) is 11.3 Å². The number of nitrogens with one attached hydrogen (secondary N) is 1. The zero-order valence-electron chi connectivity index (χ0n) is 14.4. The highest BCUT2D eigenvalue weighted by Crippen LogP contribution is 2.33. The number of urea groups is 1. The van der Waals surface area contributed by atoms with Gasteiger partial charge in [0, 0.05) is 23.2 Å². The first-order valence-corrected chi connectivity index (χ1v) is 9.97. The number of rotatable bonds is 3. The molecular weight excluding hydrogens is 306 g/mol. The van der Waals surface area contributed by atoms with Crippen LogP contribution in [0.2, 0.25) is 0 Å². The maximum absolute atomic E-state index is 13.0. The average Bonchev–Trinajstić information content (AvgIpc) is 2.95. The number of anilines is 1. The Morgan fingerprint density at radius 1 is 1.13 bits per heavy atom. The van der Waals surface area contributed by atoms with E-state index in [0.29, 0.717) is 12.1 Å². The van der Waals surface area contributed by atoms with Crippen LogP contribution < -0.4 is 5.32 Å². The van der Waals surface area contributed by atoms with Crippen molar-refractivity contribution in [2.24, 2.45) is 5.92 Å². The molecular formula is C18H29N3OS. The Hall–Kier alpha value is -1.10. The van der Waals surface area contributed by atoms with Crippen LogP contribution in [0.25, 0.3) is 0 Å². The molecule has 4 nitrogen and oxygen atoms in total. The van der Waals surface area contributed by atoms with E-state index in [-0.39, 0.29) is 6.03 Å². The Morgan fingerprint density at radius 2 is 1.78 bits per heavy atom. The maximum Gasteiger partial charge on any atom is 0.324 e. The van der Waals surface area contributed by atoms with Crippen LogP contribution in [0, 0.1) is 12.8 Å². The minimum absolute atomic E-state index is 0.0748. The minimum Gasteiger partial charge on any atom is -0.319 e. The summed E-state index contributed by atoms with van der Waals surface area (Å²) in [5.74, 6) is 0.809. The molecule has 2 aliphatic rings. The summed E-state index contributed by atoms with van der Waals surface area (Å²) in [7, 11) is 0. The van der Waals surface area contributed by atoms with Gasteiger partial charge in [0.1, 0.15) is 0 Å². The van der Waals surface area contributed by atoms with E-state index < -0.39 is 0 Å². The van der Waals surface area contributed by atoms with Crippen LogP contribution in [-0.2, 0) is 0 Å². The van der Waals surface area contributed by atoms with Gasteiger partial charge in [0.2, 0.25) is 0 Å². The molecule has 2 fully saturated rings. The van der Waals surface area contributed by atoms with Crippen LogP contribution in [0.1, 0.15) is 69.6 Å². The lowest BCUT2D eigenvalue weighted by atomic mass is 9.84. The van der Waals surface area contributed by atoms with Gasteiger partial charge in [-0.05, 0) is 51.4 Å². The van der Waals surface area contributed by atoms with Gasteiger partial charge in [-0.1, -0.05) is 26.2 Å². The predicted molar refractivity (Wildman–Crippen MR) is 96.0 cm³/mol. The molecule has 128 valence electrons. The number of aromatic nitrogens is 1. The number of aryl methyl sites for hydroxylation is 1. The van der Waals surface area contributed by atoms with Crippen LogP contribution in [0.3, 0.4) is 0 Å². The van der Waals surface area contributed by atoms with Gasteiger partial charge >= 0.3 is 6.03 Å². The Labute approximate surface area is 143 Å². The molecule has 0 spiro atoms. The third-order valence-electron chi connectivity index (χ3n) is 5.42. The molecule has 5 heteroatoms. The molecule has 0 atom stereocenters. The zero-order chi connectivity index (χ0) is 16.2. The standard InChI is InChI=1S/C18H29N3OS/c1-13-8-10-16(11-9-13)21(15-6-4-3-5-7-15)18(22)20-17-19-12-14(2)23-17/h12-13,15-16H,3-11H2,1-2H3,(H,19,20,22). The molecule has 0 aliphatic heterocycles.